The van der Waals surface area contributed by atoms with E-state index in [2.05, 4.69) is 5.32 Å². The zero-order valence-corrected chi connectivity index (χ0v) is 14.4. The number of anilines is 1. The monoisotopic (exact) mass is 379 g/mol. The SMILES string of the molecule is COc1ccc(NC(=O)C(C)=Cc2ccc(C(F)(F)F)cc2)c(C(=O)O)c1. The van der Waals surface area contributed by atoms with Crippen LogP contribution in [0.3, 0.4) is 0 Å². The summed E-state index contributed by atoms with van der Waals surface area (Å²) >= 11 is 0. The van der Waals surface area contributed by atoms with Gasteiger partial charge in [-0.05, 0) is 48.9 Å². The van der Waals surface area contributed by atoms with Crippen molar-refractivity contribution in [2.45, 2.75) is 13.1 Å². The van der Waals surface area contributed by atoms with Crippen molar-refractivity contribution in [3.05, 3.63) is 64.7 Å². The van der Waals surface area contributed by atoms with Crippen molar-refractivity contribution in [3.8, 4) is 5.75 Å². The Bertz CT molecular complexity index is 887. The van der Waals surface area contributed by atoms with Crippen LogP contribution < -0.4 is 10.1 Å². The first-order chi connectivity index (χ1) is 12.6. The van der Waals surface area contributed by atoms with Crippen LogP contribution in [-0.2, 0) is 11.0 Å². The summed E-state index contributed by atoms with van der Waals surface area (Å²) in [5.74, 6) is -1.50. The molecule has 2 aromatic rings. The lowest BCUT2D eigenvalue weighted by Gasteiger charge is -2.10. The number of alkyl halides is 3. The number of nitrogens with one attached hydrogen (secondary N) is 1. The van der Waals surface area contributed by atoms with Gasteiger partial charge in [-0.15, -0.1) is 0 Å². The van der Waals surface area contributed by atoms with E-state index in [0.717, 1.165) is 12.1 Å². The van der Waals surface area contributed by atoms with E-state index in [4.69, 9.17) is 4.74 Å². The molecule has 0 fully saturated rings. The number of amides is 1. The van der Waals surface area contributed by atoms with Gasteiger partial charge in [-0.2, -0.15) is 13.2 Å². The Morgan fingerprint density at radius 2 is 1.74 bits per heavy atom. The Balaban J connectivity index is 2.20. The number of ether oxygens (including phenoxy) is 1. The molecule has 8 heteroatoms. The molecule has 2 N–H and O–H groups in total. The van der Waals surface area contributed by atoms with Gasteiger partial charge in [0.1, 0.15) is 5.75 Å². The summed E-state index contributed by atoms with van der Waals surface area (Å²) in [6.07, 6.45) is -3.03. The number of rotatable bonds is 5. The quantitative estimate of drug-likeness (QED) is 0.753. The van der Waals surface area contributed by atoms with Gasteiger partial charge in [0.25, 0.3) is 5.91 Å². The van der Waals surface area contributed by atoms with E-state index >= 15 is 0 Å². The number of carbonyl (C=O) groups is 2. The van der Waals surface area contributed by atoms with Crippen molar-refractivity contribution < 1.29 is 32.6 Å². The molecule has 0 unspecified atom stereocenters. The van der Waals surface area contributed by atoms with Gasteiger partial charge in [0.15, 0.2) is 0 Å². The number of carboxylic acids is 1. The fraction of sp³-hybridized carbons (Fsp3) is 0.158. The zero-order chi connectivity index (χ0) is 20.2. The molecule has 0 saturated carbocycles. The molecule has 0 aliphatic heterocycles. The van der Waals surface area contributed by atoms with E-state index in [1.807, 2.05) is 0 Å². The first-order valence-electron chi connectivity index (χ1n) is 7.70. The molecule has 142 valence electrons. The number of aromatic carboxylic acids is 1. The fourth-order valence-corrected chi connectivity index (χ4v) is 2.24. The Morgan fingerprint density at radius 1 is 1.11 bits per heavy atom. The number of methoxy groups -OCH3 is 1. The minimum Gasteiger partial charge on any atom is -0.497 e. The summed E-state index contributed by atoms with van der Waals surface area (Å²) in [4.78, 5) is 23.6. The van der Waals surface area contributed by atoms with E-state index in [1.54, 1.807) is 0 Å². The molecule has 0 saturated heterocycles. The van der Waals surface area contributed by atoms with Crippen LogP contribution in [0.15, 0.2) is 48.0 Å². The van der Waals surface area contributed by atoms with Crippen LogP contribution >= 0.6 is 0 Å². The summed E-state index contributed by atoms with van der Waals surface area (Å²) in [6.45, 7) is 1.47. The van der Waals surface area contributed by atoms with Crippen molar-refractivity contribution in [2.24, 2.45) is 0 Å². The van der Waals surface area contributed by atoms with E-state index in [0.29, 0.717) is 11.3 Å². The second-order valence-corrected chi connectivity index (χ2v) is 5.62. The first-order valence-corrected chi connectivity index (χ1v) is 7.70. The fourth-order valence-electron chi connectivity index (χ4n) is 2.24. The number of halogens is 3. The highest BCUT2D eigenvalue weighted by Crippen LogP contribution is 2.29. The average Bonchev–Trinajstić information content (AvgIpc) is 2.61. The van der Waals surface area contributed by atoms with Gasteiger partial charge in [0, 0.05) is 5.57 Å². The van der Waals surface area contributed by atoms with Gasteiger partial charge in [-0.1, -0.05) is 12.1 Å². The van der Waals surface area contributed by atoms with Crippen LogP contribution in [0.4, 0.5) is 18.9 Å². The van der Waals surface area contributed by atoms with Crippen molar-refractivity contribution in [1.82, 2.24) is 0 Å². The lowest BCUT2D eigenvalue weighted by Crippen LogP contribution is -2.15. The Labute approximate surface area is 153 Å². The molecule has 0 aromatic heterocycles. The standard InChI is InChI=1S/C19H16F3NO4/c1-11(9-12-3-5-13(6-4-12)19(20,21)22)17(24)23-16-8-7-14(27-2)10-15(16)18(25)26/h3-10H,1-2H3,(H,23,24)(H,25,26). The van der Waals surface area contributed by atoms with Crippen molar-refractivity contribution in [3.63, 3.8) is 0 Å². The zero-order valence-electron chi connectivity index (χ0n) is 14.4. The van der Waals surface area contributed by atoms with Crippen LogP contribution in [0.25, 0.3) is 6.08 Å². The molecule has 0 atom stereocenters. The van der Waals surface area contributed by atoms with E-state index in [9.17, 15) is 27.9 Å². The molecule has 0 spiro atoms. The molecule has 0 radical (unpaired) electrons. The number of carboxylic acid groups (broad SMARTS) is 1. The summed E-state index contributed by atoms with van der Waals surface area (Å²) < 4.78 is 42.7. The molecule has 5 nitrogen and oxygen atoms in total. The molecule has 2 aromatic carbocycles. The molecule has 0 heterocycles. The maximum atomic E-state index is 12.6. The van der Waals surface area contributed by atoms with Crippen LogP contribution in [0, 0.1) is 0 Å². The first kappa shape index (κ1) is 20.0. The molecule has 0 aliphatic rings. The van der Waals surface area contributed by atoms with Gasteiger partial charge >= 0.3 is 12.1 Å². The minimum atomic E-state index is -4.43. The maximum absolute atomic E-state index is 12.6. The number of benzene rings is 2. The Hall–Kier alpha value is -3.29. The lowest BCUT2D eigenvalue weighted by molar-refractivity contribution is -0.137. The van der Waals surface area contributed by atoms with Crippen molar-refractivity contribution in [2.75, 3.05) is 12.4 Å². The highest BCUT2D eigenvalue weighted by atomic mass is 19.4. The van der Waals surface area contributed by atoms with Crippen molar-refractivity contribution in [1.29, 1.82) is 0 Å². The van der Waals surface area contributed by atoms with Crippen LogP contribution in [0.1, 0.15) is 28.4 Å². The number of hydrogen-bond acceptors (Lipinski definition) is 3. The van der Waals surface area contributed by atoms with Crippen LogP contribution in [0.5, 0.6) is 5.75 Å². The smallest absolute Gasteiger partial charge is 0.416 e. The largest absolute Gasteiger partial charge is 0.497 e. The number of hydrogen-bond donors (Lipinski definition) is 2. The van der Waals surface area contributed by atoms with Gasteiger partial charge in [0.2, 0.25) is 0 Å². The van der Waals surface area contributed by atoms with Gasteiger partial charge in [0.05, 0.1) is 23.9 Å². The number of carbonyl (C=O) groups excluding carboxylic acids is 1. The molecule has 2 rings (SSSR count). The molecule has 1 amide bonds. The van der Waals surface area contributed by atoms with Crippen LogP contribution in [0.2, 0.25) is 0 Å². The van der Waals surface area contributed by atoms with Gasteiger partial charge in [-0.25, -0.2) is 4.79 Å². The topological polar surface area (TPSA) is 75.6 Å². The normalized spacial score (nSPS) is 11.8. The molecule has 0 aliphatic carbocycles. The highest BCUT2D eigenvalue weighted by Gasteiger charge is 2.29. The predicted molar refractivity (Wildman–Crippen MR) is 93.7 cm³/mol. The highest BCUT2D eigenvalue weighted by molar-refractivity contribution is 6.09. The van der Waals surface area contributed by atoms with Gasteiger partial charge < -0.3 is 15.2 Å². The molecule has 27 heavy (non-hydrogen) atoms. The maximum Gasteiger partial charge on any atom is 0.416 e. The lowest BCUT2D eigenvalue weighted by atomic mass is 10.1. The van der Waals surface area contributed by atoms with Crippen molar-refractivity contribution >= 4 is 23.6 Å². The third-order valence-corrected chi connectivity index (χ3v) is 3.68. The molecular weight excluding hydrogens is 363 g/mol. The van der Waals surface area contributed by atoms with E-state index in [1.165, 1.54) is 50.4 Å². The van der Waals surface area contributed by atoms with Gasteiger partial charge in [-0.3, -0.25) is 4.79 Å². The Kier molecular flexibility index (Phi) is 5.89. The minimum absolute atomic E-state index is 0.0773. The third-order valence-electron chi connectivity index (χ3n) is 3.68. The van der Waals surface area contributed by atoms with E-state index < -0.39 is 23.6 Å². The molecular formula is C19H16F3NO4. The Morgan fingerprint density at radius 3 is 2.26 bits per heavy atom. The van der Waals surface area contributed by atoms with Crippen LogP contribution in [-0.4, -0.2) is 24.1 Å². The summed E-state index contributed by atoms with van der Waals surface area (Å²) in [6, 6.07) is 8.49. The summed E-state index contributed by atoms with van der Waals surface area (Å²) in [7, 11) is 1.39. The average molecular weight is 379 g/mol. The molecule has 0 bridgehead atoms. The second kappa shape index (κ2) is 7.94. The second-order valence-electron chi connectivity index (χ2n) is 5.62. The third kappa shape index (κ3) is 5.10. The van der Waals surface area contributed by atoms with E-state index in [-0.39, 0.29) is 16.8 Å². The summed E-state index contributed by atoms with van der Waals surface area (Å²) in [5.41, 5.74) is -0.254. The summed E-state index contributed by atoms with van der Waals surface area (Å²) in [5, 5.41) is 11.7. The predicted octanol–water partition coefficient (Wildman–Crippen LogP) is 4.45.